The summed E-state index contributed by atoms with van der Waals surface area (Å²) in [6.07, 6.45) is 22.5. The van der Waals surface area contributed by atoms with Gasteiger partial charge in [0.15, 0.2) is 0 Å². The van der Waals surface area contributed by atoms with Gasteiger partial charge in [-0.3, -0.25) is 4.90 Å². The lowest BCUT2D eigenvalue weighted by Gasteiger charge is -2.39. The van der Waals surface area contributed by atoms with Crippen LogP contribution in [0.25, 0.3) is 0 Å². The summed E-state index contributed by atoms with van der Waals surface area (Å²) in [5, 5.41) is 0. The van der Waals surface area contributed by atoms with Crippen LogP contribution in [0.4, 0.5) is 0 Å². The second-order valence-corrected chi connectivity index (χ2v) is 8.79. The van der Waals surface area contributed by atoms with E-state index in [4.69, 9.17) is 0 Å². The Bertz CT molecular complexity index is 249. The molecular weight excluding hydrogens is 302 g/mol. The van der Waals surface area contributed by atoms with Crippen molar-refractivity contribution in [1.82, 2.24) is 4.90 Å². The van der Waals surface area contributed by atoms with E-state index in [0.717, 1.165) is 0 Å². The fraction of sp³-hybridized carbons (Fsp3) is 1.00. The number of hydrogen-bond donors (Lipinski definition) is 0. The predicted molar refractivity (Wildman–Crippen MR) is 117 cm³/mol. The van der Waals surface area contributed by atoms with Gasteiger partial charge in [-0.2, -0.15) is 0 Å². The van der Waals surface area contributed by atoms with Crippen molar-refractivity contribution in [1.29, 1.82) is 0 Å². The lowest BCUT2D eigenvalue weighted by molar-refractivity contribution is 0.103. The first kappa shape index (κ1) is 25.0. The molecule has 1 heteroatoms. The fourth-order valence-corrected chi connectivity index (χ4v) is 3.85. The number of nitrogens with zero attached hydrogens (tertiary/aromatic N) is 1. The van der Waals surface area contributed by atoms with Crippen LogP contribution in [0.15, 0.2) is 0 Å². The van der Waals surface area contributed by atoms with Crippen LogP contribution < -0.4 is 0 Å². The Kier molecular flexibility index (Phi) is 17.3. The van der Waals surface area contributed by atoms with Crippen molar-refractivity contribution in [3.05, 3.63) is 0 Å². The molecule has 0 saturated heterocycles. The van der Waals surface area contributed by atoms with Gasteiger partial charge in [-0.15, -0.1) is 0 Å². The maximum absolute atomic E-state index is 2.81. The van der Waals surface area contributed by atoms with Crippen molar-refractivity contribution in [2.75, 3.05) is 13.1 Å². The van der Waals surface area contributed by atoms with Crippen molar-refractivity contribution < 1.29 is 0 Å². The van der Waals surface area contributed by atoms with Crippen molar-refractivity contribution in [2.24, 2.45) is 0 Å². The minimum Gasteiger partial charge on any atom is -0.298 e. The van der Waals surface area contributed by atoms with Crippen molar-refractivity contribution >= 4 is 0 Å². The van der Waals surface area contributed by atoms with Crippen LogP contribution in [0.1, 0.15) is 137 Å². The van der Waals surface area contributed by atoms with Crippen LogP contribution >= 0.6 is 0 Å². The Labute approximate surface area is 161 Å². The van der Waals surface area contributed by atoms with E-state index < -0.39 is 0 Å². The number of unbranched alkanes of at least 4 members (excludes halogenated alkanes) is 12. The average Bonchev–Trinajstić information content (AvgIpc) is 2.59. The molecule has 0 rings (SSSR count). The van der Waals surface area contributed by atoms with E-state index in [1.807, 2.05) is 0 Å². The highest BCUT2D eigenvalue weighted by atomic mass is 15.2. The van der Waals surface area contributed by atoms with Gasteiger partial charge in [0.25, 0.3) is 0 Å². The Morgan fingerprint density at radius 3 is 1.28 bits per heavy atom. The highest BCUT2D eigenvalue weighted by molar-refractivity contribution is 4.81. The maximum atomic E-state index is 2.81. The molecule has 0 aliphatic rings. The quantitative estimate of drug-likeness (QED) is 0.211. The van der Waals surface area contributed by atoms with Crippen molar-refractivity contribution in [3.63, 3.8) is 0 Å². The molecule has 0 aliphatic carbocycles. The summed E-state index contributed by atoms with van der Waals surface area (Å²) in [4.78, 5) is 2.81. The fourth-order valence-electron chi connectivity index (χ4n) is 3.85. The number of rotatable bonds is 19. The van der Waals surface area contributed by atoms with Crippen LogP contribution in [-0.2, 0) is 0 Å². The second-order valence-electron chi connectivity index (χ2n) is 8.79. The van der Waals surface area contributed by atoms with Gasteiger partial charge in [-0.1, -0.05) is 104 Å². The summed E-state index contributed by atoms with van der Waals surface area (Å²) in [5.41, 5.74) is 0.391. The van der Waals surface area contributed by atoms with Gasteiger partial charge in [0.2, 0.25) is 0 Å². The van der Waals surface area contributed by atoms with Gasteiger partial charge in [0.05, 0.1) is 0 Å². The summed E-state index contributed by atoms with van der Waals surface area (Å²) < 4.78 is 0. The van der Waals surface area contributed by atoms with E-state index in [0.29, 0.717) is 5.54 Å². The van der Waals surface area contributed by atoms with Crippen LogP contribution in [0.2, 0.25) is 0 Å². The largest absolute Gasteiger partial charge is 0.298 e. The third-order valence-electron chi connectivity index (χ3n) is 5.81. The Morgan fingerprint density at radius 1 is 0.480 bits per heavy atom. The molecule has 0 spiro atoms. The Hall–Kier alpha value is -0.0400. The summed E-state index contributed by atoms with van der Waals surface area (Å²) in [6, 6.07) is 0. The van der Waals surface area contributed by atoms with Crippen molar-refractivity contribution in [3.8, 4) is 0 Å². The zero-order valence-corrected chi connectivity index (χ0v) is 18.7. The molecular formula is C24H51N. The van der Waals surface area contributed by atoms with Gasteiger partial charge in [-0.25, -0.2) is 0 Å². The second kappa shape index (κ2) is 17.4. The third kappa shape index (κ3) is 14.8. The highest BCUT2D eigenvalue weighted by Gasteiger charge is 2.25. The first-order valence-electron chi connectivity index (χ1n) is 11.8. The molecule has 0 radical (unpaired) electrons. The Morgan fingerprint density at radius 2 is 0.840 bits per heavy atom. The van der Waals surface area contributed by atoms with Crippen LogP contribution in [-0.4, -0.2) is 23.5 Å². The third-order valence-corrected chi connectivity index (χ3v) is 5.81. The molecule has 0 heterocycles. The molecule has 0 fully saturated rings. The lowest BCUT2D eigenvalue weighted by atomic mass is 9.93. The van der Waals surface area contributed by atoms with E-state index >= 15 is 0 Å². The van der Waals surface area contributed by atoms with Gasteiger partial charge < -0.3 is 0 Å². The molecule has 152 valence electrons. The van der Waals surface area contributed by atoms with E-state index in [1.165, 1.54) is 116 Å². The molecule has 0 aromatic carbocycles. The topological polar surface area (TPSA) is 3.24 Å². The van der Waals surface area contributed by atoms with Gasteiger partial charge in [0.1, 0.15) is 0 Å². The summed E-state index contributed by atoms with van der Waals surface area (Å²) >= 11 is 0. The molecule has 1 nitrogen and oxygen atoms in total. The first-order chi connectivity index (χ1) is 12.1. The van der Waals surface area contributed by atoms with Gasteiger partial charge in [-0.05, 0) is 46.2 Å². The Balaban J connectivity index is 3.97. The molecule has 0 saturated carbocycles. The molecule has 0 aliphatic heterocycles. The molecule has 0 unspecified atom stereocenters. The minimum absolute atomic E-state index is 0.391. The zero-order valence-electron chi connectivity index (χ0n) is 18.7. The van der Waals surface area contributed by atoms with E-state index in [9.17, 15) is 0 Å². The maximum Gasteiger partial charge on any atom is 0.0153 e. The molecule has 0 bridgehead atoms. The summed E-state index contributed by atoms with van der Waals surface area (Å²) in [5.74, 6) is 0. The average molecular weight is 354 g/mol. The van der Waals surface area contributed by atoms with E-state index in [-0.39, 0.29) is 0 Å². The SMILES string of the molecule is CCCCCCCCCCCC(C)(C)N(CCCCC)CCCCC. The molecule has 0 amide bonds. The van der Waals surface area contributed by atoms with Crippen molar-refractivity contribution in [2.45, 2.75) is 143 Å². The first-order valence-corrected chi connectivity index (χ1v) is 11.8. The predicted octanol–water partition coefficient (Wildman–Crippen LogP) is 8.37. The summed E-state index contributed by atoms with van der Waals surface area (Å²) in [7, 11) is 0. The highest BCUT2D eigenvalue weighted by Crippen LogP contribution is 2.24. The van der Waals surface area contributed by atoms with Crippen LogP contribution in [0, 0.1) is 0 Å². The normalized spacial score (nSPS) is 12.2. The zero-order chi connectivity index (χ0) is 18.8. The standard InChI is InChI=1S/C24H51N/c1-6-9-12-13-14-15-16-17-18-21-24(4,5)25(22-19-10-7-2)23-20-11-8-3/h6-23H2,1-5H3. The molecule has 0 atom stereocenters. The molecule has 0 aromatic rings. The van der Waals surface area contributed by atoms with E-state index in [1.54, 1.807) is 0 Å². The lowest BCUT2D eigenvalue weighted by Crippen LogP contribution is -2.45. The molecule has 25 heavy (non-hydrogen) atoms. The molecule has 0 aromatic heterocycles. The van der Waals surface area contributed by atoms with Crippen LogP contribution in [0.5, 0.6) is 0 Å². The molecule has 0 N–H and O–H groups in total. The van der Waals surface area contributed by atoms with Crippen LogP contribution in [0.3, 0.4) is 0 Å². The van der Waals surface area contributed by atoms with E-state index in [2.05, 4.69) is 39.5 Å². The minimum atomic E-state index is 0.391. The van der Waals surface area contributed by atoms with Gasteiger partial charge in [0, 0.05) is 5.54 Å². The summed E-state index contributed by atoms with van der Waals surface area (Å²) in [6.45, 7) is 14.5. The monoisotopic (exact) mass is 353 g/mol. The smallest absolute Gasteiger partial charge is 0.0153 e. The number of hydrogen-bond acceptors (Lipinski definition) is 1. The van der Waals surface area contributed by atoms with Gasteiger partial charge >= 0.3 is 0 Å².